The lowest BCUT2D eigenvalue weighted by Gasteiger charge is -2.31. The van der Waals surface area contributed by atoms with Gasteiger partial charge in [0.05, 0.1) is 20.1 Å². The number of benzene rings is 3. The maximum Gasteiger partial charge on any atom is 0.322 e. The number of nitrogens with zero attached hydrogens (tertiary/aromatic N) is 2. The molecule has 236 valence electrons. The molecule has 4 N–H and O–H groups in total. The molecule has 2 fully saturated rings. The van der Waals surface area contributed by atoms with Crippen LogP contribution in [0, 0.1) is 17.3 Å². The van der Waals surface area contributed by atoms with Crippen LogP contribution in [0.4, 0.5) is 4.79 Å². The van der Waals surface area contributed by atoms with Crippen LogP contribution in [0.15, 0.2) is 60.7 Å². The van der Waals surface area contributed by atoms with Gasteiger partial charge in [0.1, 0.15) is 16.9 Å². The summed E-state index contributed by atoms with van der Waals surface area (Å²) in [4.78, 5) is 80.3. The molecule has 0 saturated carbocycles. The summed E-state index contributed by atoms with van der Waals surface area (Å²) in [5.41, 5.74) is -0.0265. The van der Waals surface area contributed by atoms with Crippen molar-refractivity contribution >= 4 is 35.6 Å². The van der Waals surface area contributed by atoms with Crippen molar-refractivity contribution in [3.8, 4) is 23.3 Å². The van der Waals surface area contributed by atoms with Crippen molar-refractivity contribution in [2.24, 2.45) is 5.41 Å². The summed E-state index contributed by atoms with van der Waals surface area (Å²) in [6.45, 7) is 0.107. The van der Waals surface area contributed by atoms with Crippen molar-refractivity contribution in [2.75, 3.05) is 20.2 Å². The Kier molecular flexibility index (Phi) is 6.75. The fraction of sp³-hybridized carbons (Fsp3) is 0.235. The summed E-state index contributed by atoms with van der Waals surface area (Å²) in [7, 11) is 1.50. The van der Waals surface area contributed by atoms with Gasteiger partial charge in [0, 0.05) is 36.3 Å². The lowest BCUT2D eigenvalue weighted by atomic mass is 9.85. The molecule has 0 radical (unpaired) electrons. The quantitative estimate of drug-likeness (QED) is 0.178. The number of urea groups is 1. The first kappa shape index (κ1) is 29.5. The van der Waals surface area contributed by atoms with Crippen LogP contribution in [0.25, 0.3) is 0 Å². The second kappa shape index (κ2) is 10.7. The SMILES string of the molecule is COc1ccc2c(c1)C(=O)N(C[C@@]1(C#Cc3ccc(C4(CN5Cc6cc(O)ccc6C5=O)NC(=O)NC4=O)cc3)CC(=O)NC1=O)C2. The van der Waals surface area contributed by atoms with E-state index < -0.39 is 34.7 Å². The predicted octanol–water partition coefficient (Wildman–Crippen LogP) is 1.13. The van der Waals surface area contributed by atoms with Gasteiger partial charge >= 0.3 is 6.03 Å². The number of amides is 7. The highest BCUT2D eigenvalue weighted by atomic mass is 16.5. The number of hydrogen-bond donors (Lipinski definition) is 4. The van der Waals surface area contributed by atoms with Crippen molar-refractivity contribution in [3.63, 3.8) is 0 Å². The smallest absolute Gasteiger partial charge is 0.322 e. The van der Waals surface area contributed by atoms with Crippen LogP contribution in [0.2, 0.25) is 0 Å². The summed E-state index contributed by atoms with van der Waals surface area (Å²) >= 11 is 0. The van der Waals surface area contributed by atoms with Crippen LogP contribution >= 0.6 is 0 Å². The maximum atomic E-state index is 13.2. The van der Waals surface area contributed by atoms with Gasteiger partial charge in [-0.2, -0.15) is 0 Å². The molecule has 0 bridgehead atoms. The molecule has 2 saturated heterocycles. The number of rotatable bonds is 6. The van der Waals surface area contributed by atoms with Crippen LogP contribution < -0.4 is 20.7 Å². The Bertz CT molecular complexity index is 2000. The third kappa shape index (κ3) is 4.91. The Morgan fingerprint density at radius 1 is 0.809 bits per heavy atom. The molecule has 1 unspecified atom stereocenters. The summed E-state index contributed by atoms with van der Waals surface area (Å²) in [6, 6.07) is 15.3. The fourth-order valence-corrected chi connectivity index (χ4v) is 6.54. The third-order valence-electron chi connectivity index (χ3n) is 8.97. The van der Waals surface area contributed by atoms with Crippen molar-refractivity contribution in [2.45, 2.75) is 25.0 Å². The molecule has 2 atom stereocenters. The first-order valence-electron chi connectivity index (χ1n) is 14.7. The van der Waals surface area contributed by atoms with E-state index in [0.29, 0.717) is 33.6 Å². The van der Waals surface area contributed by atoms with E-state index in [2.05, 4.69) is 27.8 Å². The van der Waals surface area contributed by atoms with E-state index >= 15 is 0 Å². The molecule has 13 heteroatoms. The Labute approximate surface area is 267 Å². The van der Waals surface area contributed by atoms with Gasteiger partial charge in [-0.25, -0.2) is 4.79 Å². The number of ether oxygens (including phenoxy) is 1. The van der Waals surface area contributed by atoms with Crippen molar-refractivity contribution in [3.05, 3.63) is 94.0 Å². The highest BCUT2D eigenvalue weighted by Gasteiger charge is 2.51. The molecule has 4 aliphatic rings. The molecule has 4 aliphatic heterocycles. The van der Waals surface area contributed by atoms with Gasteiger partial charge in [0.2, 0.25) is 11.8 Å². The highest BCUT2D eigenvalue weighted by Crippen LogP contribution is 2.35. The van der Waals surface area contributed by atoms with Gasteiger partial charge in [0.15, 0.2) is 5.54 Å². The third-order valence-corrected chi connectivity index (χ3v) is 8.97. The van der Waals surface area contributed by atoms with E-state index in [1.807, 2.05) is 0 Å². The second-order valence-electron chi connectivity index (χ2n) is 12.0. The Morgan fingerprint density at radius 3 is 2.21 bits per heavy atom. The molecule has 4 heterocycles. The van der Waals surface area contributed by atoms with E-state index in [4.69, 9.17) is 4.74 Å². The molecular weight excluding hydrogens is 606 g/mol. The monoisotopic (exact) mass is 633 g/mol. The number of phenols is 1. The second-order valence-corrected chi connectivity index (χ2v) is 12.0. The minimum Gasteiger partial charge on any atom is -0.508 e. The standard InChI is InChI=1S/C34H27N5O8/c1-47-24-8-4-20-15-38(29(43)26(20)13-24)17-33(14-27(41)35-30(33)44)11-10-19-2-5-22(6-3-19)34(31(45)36-32(46)37-34)18-39-16-21-12-23(40)7-9-25(21)28(39)42/h2-9,12-13,40H,14-18H2,1H3,(H,35,41,44)(H2,36,37,45,46)/t33-,34?/m1/s1. The van der Waals surface area contributed by atoms with Crippen molar-refractivity contribution in [1.29, 1.82) is 0 Å². The van der Waals surface area contributed by atoms with Crippen molar-refractivity contribution < 1.29 is 38.6 Å². The molecule has 47 heavy (non-hydrogen) atoms. The average molecular weight is 634 g/mol. The number of aromatic hydroxyl groups is 1. The van der Waals surface area contributed by atoms with Gasteiger partial charge in [-0.15, -0.1) is 0 Å². The van der Waals surface area contributed by atoms with Gasteiger partial charge < -0.3 is 25.0 Å². The fourth-order valence-electron chi connectivity index (χ4n) is 6.54. The number of methoxy groups -OCH3 is 1. The van der Waals surface area contributed by atoms with Crippen molar-refractivity contribution in [1.82, 2.24) is 25.8 Å². The summed E-state index contributed by atoms with van der Waals surface area (Å²) in [5.74, 6) is 4.08. The van der Waals surface area contributed by atoms with E-state index in [-0.39, 0.29) is 50.2 Å². The number of nitrogens with one attached hydrogen (secondary N) is 3. The lowest BCUT2D eigenvalue weighted by Crippen LogP contribution is -2.52. The van der Waals surface area contributed by atoms with Crippen LogP contribution in [-0.2, 0) is 33.0 Å². The predicted molar refractivity (Wildman–Crippen MR) is 162 cm³/mol. The zero-order chi connectivity index (χ0) is 33.1. The number of hydrogen-bond acceptors (Lipinski definition) is 8. The first-order chi connectivity index (χ1) is 22.5. The van der Waals surface area contributed by atoms with E-state index in [1.54, 1.807) is 42.5 Å². The Hall–Kier alpha value is -6.16. The van der Waals surface area contributed by atoms with Gasteiger partial charge in [-0.3, -0.25) is 34.6 Å². The number of carbonyl (C=O) groups is 6. The van der Waals surface area contributed by atoms with E-state index in [0.717, 1.165) is 5.56 Å². The van der Waals surface area contributed by atoms with Gasteiger partial charge in [-0.1, -0.05) is 30.0 Å². The van der Waals surface area contributed by atoms with Gasteiger partial charge in [-0.05, 0) is 59.2 Å². The number of phenolic OH excluding ortho intramolecular Hbond substituents is 1. The molecule has 13 nitrogen and oxygen atoms in total. The molecule has 0 spiro atoms. The topological polar surface area (TPSA) is 174 Å². The van der Waals surface area contributed by atoms with E-state index in [1.165, 1.54) is 35.1 Å². The first-order valence-corrected chi connectivity index (χ1v) is 14.7. The molecule has 3 aromatic carbocycles. The number of imide groups is 2. The molecule has 3 aromatic rings. The van der Waals surface area contributed by atoms with Crippen LogP contribution in [0.1, 0.15) is 49.4 Å². The molecule has 7 amide bonds. The Balaban J connectivity index is 1.15. The largest absolute Gasteiger partial charge is 0.508 e. The normalized spacial score (nSPS) is 22.8. The summed E-state index contributed by atoms with van der Waals surface area (Å²) in [5, 5.41) is 17.1. The van der Waals surface area contributed by atoms with E-state index in [9.17, 15) is 33.9 Å². The highest BCUT2D eigenvalue weighted by molar-refractivity contribution is 6.09. The van der Waals surface area contributed by atoms with Gasteiger partial charge in [0.25, 0.3) is 17.7 Å². The average Bonchev–Trinajstić information content (AvgIpc) is 3.72. The summed E-state index contributed by atoms with van der Waals surface area (Å²) in [6.07, 6.45) is -0.223. The molecular formula is C34H27N5O8. The van der Waals surface area contributed by atoms with Crippen LogP contribution in [0.5, 0.6) is 11.5 Å². The van der Waals surface area contributed by atoms with Crippen LogP contribution in [-0.4, -0.2) is 70.7 Å². The van der Waals surface area contributed by atoms with Crippen LogP contribution in [0.3, 0.4) is 0 Å². The minimum absolute atomic E-state index is 0.00995. The molecule has 0 aliphatic carbocycles. The number of carbonyl (C=O) groups excluding carboxylic acids is 6. The minimum atomic E-state index is -1.60. The maximum absolute atomic E-state index is 13.2. The lowest BCUT2D eigenvalue weighted by molar-refractivity contribution is -0.127. The Morgan fingerprint density at radius 2 is 1.53 bits per heavy atom. The molecule has 0 aromatic heterocycles. The zero-order valence-corrected chi connectivity index (χ0v) is 25.0. The number of fused-ring (bicyclic) bond motifs is 2. The summed E-state index contributed by atoms with van der Waals surface area (Å²) < 4.78 is 5.24. The zero-order valence-electron chi connectivity index (χ0n) is 25.0. The molecule has 7 rings (SSSR count).